The summed E-state index contributed by atoms with van der Waals surface area (Å²) >= 11 is 6.11. The molecule has 9 heteroatoms. The number of amides is 1. The number of nitrogens with zero attached hydrogens (tertiary/aromatic N) is 1. The molecule has 0 unspecified atom stereocenters. The van der Waals surface area contributed by atoms with Crippen molar-refractivity contribution >= 4 is 52.2 Å². The summed E-state index contributed by atoms with van der Waals surface area (Å²) in [6, 6.07) is 5.72. The normalized spacial score (nSPS) is 17.0. The van der Waals surface area contributed by atoms with E-state index in [-0.39, 0.29) is 22.1 Å². The minimum absolute atomic E-state index is 0.0944. The molecule has 7 nitrogen and oxygen atoms in total. The van der Waals surface area contributed by atoms with Gasteiger partial charge in [0.2, 0.25) is 0 Å². The number of hydrogen-bond donors (Lipinski definition) is 2. The summed E-state index contributed by atoms with van der Waals surface area (Å²) in [5.41, 5.74) is 0.706. The summed E-state index contributed by atoms with van der Waals surface area (Å²) in [7, 11) is 1.53. The number of carboxylic acid groups (broad SMARTS) is 2. The lowest BCUT2D eigenvalue weighted by Gasteiger charge is -2.22. The average Bonchev–Trinajstić information content (AvgIpc) is 2.82. The Hall–Kier alpha value is -2.39. The van der Waals surface area contributed by atoms with Gasteiger partial charge in [-0.1, -0.05) is 36.1 Å². The van der Waals surface area contributed by atoms with Crippen LogP contribution in [0.25, 0.3) is 6.08 Å². The van der Waals surface area contributed by atoms with Crippen molar-refractivity contribution in [2.75, 3.05) is 7.11 Å². The Morgan fingerprint density at radius 3 is 2.72 bits per heavy atom. The summed E-state index contributed by atoms with van der Waals surface area (Å²) in [6.45, 7) is 0. The van der Waals surface area contributed by atoms with Crippen molar-refractivity contribution in [2.24, 2.45) is 0 Å². The molecule has 1 heterocycles. The Balaban J connectivity index is 2.26. The van der Waals surface area contributed by atoms with E-state index in [9.17, 15) is 19.5 Å². The molecule has 1 fully saturated rings. The van der Waals surface area contributed by atoms with E-state index in [2.05, 4.69) is 0 Å². The maximum Gasteiger partial charge on any atom is 0.326 e. The van der Waals surface area contributed by atoms with Gasteiger partial charge in [0.1, 0.15) is 16.1 Å². The molecule has 2 rings (SSSR count). The molecule has 2 N–H and O–H groups in total. The number of thiocarbonyl (C=S) groups is 1. The Morgan fingerprint density at radius 1 is 1.40 bits per heavy atom. The van der Waals surface area contributed by atoms with E-state index in [1.807, 2.05) is 0 Å². The van der Waals surface area contributed by atoms with Crippen LogP contribution in [0.1, 0.15) is 18.4 Å². The first-order valence-electron chi connectivity index (χ1n) is 7.19. The van der Waals surface area contributed by atoms with Crippen LogP contribution in [0.3, 0.4) is 0 Å². The van der Waals surface area contributed by atoms with Gasteiger partial charge in [0.25, 0.3) is 5.91 Å². The maximum atomic E-state index is 12.6. The number of methoxy groups -OCH3 is 1. The van der Waals surface area contributed by atoms with Gasteiger partial charge in [0.05, 0.1) is 12.0 Å². The molecule has 132 valence electrons. The van der Waals surface area contributed by atoms with E-state index in [1.54, 1.807) is 30.3 Å². The number of benzene rings is 1. The standard InChI is InChI=1S/C16H15NO6S2/c1-23-10-4-2-3-9(7-10)8-12-14(20)17(16(24)25-12)11(15(21)22)5-6-13(18)19/h2-4,7-8,11H,5-6H2,1H3,(H,18,19)(H,21,22)/b12-8+/t11-/m0/s1. The summed E-state index contributed by atoms with van der Waals surface area (Å²) in [4.78, 5) is 36.0. The zero-order valence-corrected chi connectivity index (χ0v) is 14.8. The monoisotopic (exact) mass is 381 g/mol. The fourth-order valence-corrected chi connectivity index (χ4v) is 3.61. The van der Waals surface area contributed by atoms with Crippen LogP contribution in [-0.4, -0.2) is 50.4 Å². The highest BCUT2D eigenvalue weighted by molar-refractivity contribution is 8.26. The molecule has 1 saturated heterocycles. The molecule has 1 aliphatic rings. The second-order valence-electron chi connectivity index (χ2n) is 5.11. The molecule has 0 aromatic heterocycles. The number of hydrogen-bond acceptors (Lipinski definition) is 6. The van der Waals surface area contributed by atoms with Crippen LogP contribution in [0.15, 0.2) is 29.2 Å². The van der Waals surface area contributed by atoms with Gasteiger partial charge in [-0.05, 0) is 30.2 Å². The first kappa shape index (κ1) is 18.9. The molecule has 1 aromatic rings. The molecule has 1 aromatic carbocycles. The van der Waals surface area contributed by atoms with Crippen molar-refractivity contribution in [3.05, 3.63) is 34.7 Å². The highest BCUT2D eigenvalue weighted by Crippen LogP contribution is 2.35. The van der Waals surface area contributed by atoms with Crippen LogP contribution in [0, 0.1) is 0 Å². The number of carboxylic acids is 2. The van der Waals surface area contributed by atoms with Crippen molar-refractivity contribution in [3.63, 3.8) is 0 Å². The predicted octanol–water partition coefficient (Wildman–Crippen LogP) is 2.21. The zero-order valence-electron chi connectivity index (χ0n) is 13.2. The van der Waals surface area contributed by atoms with E-state index >= 15 is 0 Å². The molecule has 0 saturated carbocycles. The van der Waals surface area contributed by atoms with E-state index in [0.29, 0.717) is 11.3 Å². The van der Waals surface area contributed by atoms with Crippen molar-refractivity contribution in [2.45, 2.75) is 18.9 Å². The molecule has 0 bridgehead atoms. The molecule has 1 aliphatic heterocycles. The molecular formula is C16H15NO6S2. The average molecular weight is 381 g/mol. The number of thioether (sulfide) groups is 1. The fourth-order valence-electron chi connectivity index (χ4n) is 2.25. The lowest BCUT2D eigenvalue weighted by molar-refractivity contribution is -0.146. The smallest absolute Gasteiger partial charge is 0.326 e. The fraction of sp³-hybridized carbons (Fsp3) is 0.250. The van der Waals surface area contributed by atoms with Crippen LogP contribution in [-0.2, 0) is 14.4 Å². The van der Waals surface area contributed by atoms with Gasteiger partial charge in [-0.25, -0.2) is 4.79 Å². The van der Waals surface area contributed by atoms with Gasteiger partial charge < -0.3 is 14.9 Å². The van der Waals surface area contributed by atoms with E-state index < -0.39 is 23.9 Å². The van der Waals surface area contributed by atoms with Crippen LogP contribution in [0.4, 0.5) is 0 Å². The molecule has 25 heavy (non-hydrogen) atoms. The highest BCUT2D eigenvalue weighted by Gasteiger charge is 2.40. The topological polar surface area (TPSA) is 104 Å². The predicted molar refractivity (Wildman–Crippen MR) is 96.3 cm³/mol. The number of aliphatic carboxylic acids is 2. The van der Waals surface area contributed by atoms with Crippen molar-refractivity contribution in [1.29, 1.82) is 0 Å². The number of rotatable bonds is 7. The first-order valence-corrected chi connectivity index (χ1v) is 8.41. The SMILES string of the molecule is COc1cccc(/C=C2/SC(=S)N([C@@H](CCC(=O)O)C(=O)O)C2=O)c1. The minimum Gasteiger partial charge on any atom is -0.497 e. The largest absolute Gasteiger partial charge is 0.497 e. The molecule has 0 spiro atoms. The molecule has 0 aliphatic carbocycles. The molecule has 0 radical (unpaired) electrons. The van der Waals surface area contributed by atoms with Crippen LogP contribution < -0.4 is 4.74 Å². The minimum atomic E-state index is -1.31. The summed E-state index contributed by atoms with van der Waals surface area (Å²) in [6.07, 6.45) is 1.00. The number of ether oxygens (including phenoxy) is 1. The van der Waals surface area contributed by atoms with E-state index in [4.69, 9.17) is 22.1 Å². The van der Waals surface area contributed by atoms with Crippen molar-refractivity contribution in [3.8, 4) is 5.75 Å². The van der Waals surface area contributed by atoms with Crippen molar-refractivity contribution < 1.29 is 29.3 Å². The Bertz CT molecular complexity index is 761. The summed E-state index contributed by atoms with van der Waals surface area (Å²) in [5, 5.41) is 18.1. The quantitative estimate of drug-likeness (QED) is 0.547. The maximum absolute atomic E-state index is 12.6. The van der Waals surface area contributed by atoms with Gasteiger partial charge >= 0.3 is 11.9 Å². The third-order valence-electron chi connectivity index (χ3n) is 3.44. The van der Waals surface area contributed by atoms with Gasteiger partial charge in [-0.3, -0.25) is 14.5 Å². The van der Waals surface area contributed by atoms with Crippen LogP contribution in [0.2, 0.25) is 0 Å². The summed E-state index contributed by atoms with van der Waals surface area (Å²) < 4.78 is 5.22. The lowest BCUT2D eigenvalue weighted by Crippen LogP contribution is -2.44. The Morgan fingerprint density at radius 2 is 2.12 bits per heavy atom. The lowest BCUT2D eigenvalue weighted by atomic mass is 10.1. The van der Waals surface area contributed by atoms with Gasteiger partial charge in [-0.2, -0.15) is 0 Å². The molecule has 1 amide bonds. The van der Waals surface area contributed by atoms with E-state index in [0.717, 1.165) is 16.7 Å². The third kappa shape index (κ3) is 4.58. The van der Waals surface area contributed by atoms with E-state index in [1.165, 1.54) is 7.11 Å². The second-order valence-corrected chi connectivity index (χ2v) is 6.79. The number of carbonyl (C=O) groups is 3. The van der Waals surface area contributed by atoms with Crippen molar-refractivity contribution in [1.82, 2.24) is 4.90 Å². The zero-order chi connectivity index (χ0) is 18.6. The second kappa shape index (κ2) is 8.13. The highest BCUT2D eigenvalue weighted by atomic mass is 32.2. The molecular weight excluding hydrogens is 366 g/mol. The van der Waals surface area contributed by atoms with Gasteiger partial charge in [0, 0.05) is 6.42 Å². The number of carbonyl (C=O) groups excluding carboxylic acids is 1. The Labute approximate surface area is 153 Å². The van der Waals surface area contributed by atoms with Crippen LogP contribution in [0.5, 0.6) is 5.75 Å². The third-order valence-corrected chi connectivity index (χ3v) is 4.77. The Kier molecular flexibility index (Phi) is 6.16. The van der Waals surface area contributed by atoms with Gasteiger partial charge in [-0.15, -0.1) is 0 Å². The molecule has 1 atom stereocenters. The summed E-state index contributed by atoms with van der Waals surface area (Å²) in [5.74, 6) is -2.35. The van der Waals surface area contributed by atoms with Gasteiger partial charge in [0.15, 0.2) is 0 Å². The van der Waals surface area contributed by atoms with Crippen LogP contribution >= 0.6 is 24.0 Å². The first-order chi connectivity index (χ1) is 11.8.